The summed E-state index contributed by atoms with van der Waals surface area (Å²) in [6, 6.07) is 10.4. The minimum absolute atomic E-state index is 0.584. The van der Waals surface area contributed by atoms with Gasteiger partial charge in [0.25, 0.3) is 0 Å². The molecule has 21 heavy (non-hydrogen) atoms. The summed E-state index contributed by atoms with van der Waals surface area (Å²) < 4.78 is 2.19. The highest BCUT2D eigenvalue weighted by molar-refractivity contribution is 5.80. The van der Waals surface area contributed by atoms with E-state index in [0.717, 1.165) is 24.3 Å². The molecule has 1 N–H and O–H groups in total. The third kappa shape index (κ3) is 2.32. The van der Waals surface area contributed by atoms with E-state index in [1.807, 2.05) is 30.9 Å². The Bertz CT molecular complexity index is 756. The van der Waals surface area contributed by atoms with Crippen molar-refractivity contribution >= 4 is 10.9 Å². The van der Waals surface area contributed by atoms with Gasteiger partial charge >= 0.3 is 0 Å². The summed E-state index contributed by atoms with van der Waals surface area (Å²) in [7, 11) is 0. The second-order valence-electron chi connectivity index (χ2n) is 5.60. The lowest BCUT2D eigenvalue weighted by Crippen LogP contribution is -2.27. The molecule has 3 heterocycles. The van der Waals surface area contributed by atoms with Crippen molar-refractivity contribution in [3.8, 4) is 5.69 Å². The van der Waals surface area contributed by atoms with Crippen LogP contribution in [-0.2, 0) is 0 Å². The van der Waals surface area contributed by atoms with Crippen LogP contribution in [0.5, 0.6) is 0 Å². The summed E-state index contributed by atoms with van der Waals surface area (Å²) in [6.45, 7) is 2.18. The molecule has 1 aromatic carbocycles. The number of benzene rings is 1. The Hall–Kier alpha value is -2.20. The first-order chi connectivity index (χ1) is 10.4. The number of nitrogens with one attached hydrogen (secondary N) is 1. The largest absolute Gasteiger partial charge is 0.317 e. The van der Waals surface area contributed by atoms with Crippen LogP contribution in [0.4, 0.5) is 0 Å². The van der Waals surface area contributed by atoms with E-state index in [1.165, 1.54) is 23.9 Å². The van der Waals surface area contributed by atoms with Gasteiger partial charge in [0.2, 0.25) is 0 Å². The average molecular weight is 278 g/mol. The normalized spacial score (nSPS) is 16.4. The summed E-state index contributed by atoms with van der Waals surface area (Å²) in [5.41, 5.74) is 3.43. The summed E-state index contributed by atoms with van der Waals surface area (Å²) in [5, 5.41) is 4.58. The Morgan fingerprint density at radius 2 is 1.95 bits per heavy atom. The van der Waals surface area contributed by atoms with Crippen molar-refractivity contribution in [3.05, 3.63) is 54.7 Å². The van der Waals surface area contributed by atoms with E-state index >= 15 is 0 Å². The lowest BCUT2D eigenvalue weighted by atomic mass is 9.95. The molecule has 0 radical (unpaired) electrons. The van der Waals surface area contributed by atoms with Crippen molar-refractivity contribution < 1.29 is 0 Å². The zero-order valence-electron chi connectivity index (χ0n) is 11.9. The van der Waals surface area contributed by atoms with Gasteiger partial charge in [-0.2, -0.15) is 0 Å². The van der Waals surface area contributed by atoms with Crippen LogP contribution in [0.2, 0.25) is 0 Å². The van der Waals surface area contributed by atoms with Crippen molar-refractivity contribution in [3.63, 3.8) is 0 Å². The Morgan fingerprint density at radius 1 is 1.10 bits per heavy atom. The van der Waals surface area contributed by atoms with Gasteiger partial charge in [-0.25, -0.2) is 4.98 Å². The standard InChI is InChI=1S/C17H18N4/c1-2-4-16-14(3-1)9-15(10-20-16)21-12-19-11-17(21)13-5-7-18-8-6-13/h1-4,9-13,18H,5-8H2. The maximum atomic E-state index is 4.56. The third-order valence-corrected chi connectivity index (χ3v) is 4.28. The van der Waals surface area contributed by atoms with Gasteiger partial charge in [-0.05, 0) is 38.1 Å². The molecule has 106 valence electrons. The molecule has 1 saturated heterocycles. The molecule has 1 aliphatic rings. The first-order valence-electron chi connectivity index (χ1n) is 7.50. The fraction of sp³-hybridized carbons (Fsp3) is 0.294. The smallest absolute Gasteiger partial charge is 0.0994 e. The zero-order chi connectivity index (χ0) is 14.1. The van der Waals surface area contributed by atoms with Crippen molar-refractivity contribution in [2.45, 2.75) is 18.8 Å². The molecule has 0 amide bonds. The molecular weight excluding hydrogens is 260 g/mol. The van der Waals surface area contributed by atoms with Crippen LogP contribution in [0.25, 0.3) is 16.6 Å². The quantitative estimate of drug-likeness (QED) is 0.784. The topological polar surface area (TPSA) is 42.7 Å². The number of pyridine rings is 1. The molecule has 0 saturated carbocycles. The van der Waals surface area contributed by atoms with Crippen LogP contribution in [0.1, 0.15) is 24.5 Å². The van der Waals surface area contributed by atoms with Crippen LogP contribution in [0, 0.1) is 0 Å². The predicted octanol–water partition coefficient (Wildman–Crippen LogP) is 2.89. The molecule has 4 rings (SSSR count). The molecule has 0 atom stereocenters. The highest BCUT2D eigenvalue weighted by Crippen LogP contribution is 2.27. The second kappa shape index (κ2) is 5.30. The Balaban J connectivity index is 1.76. The monoisotopic (exact) mass is 278 g/mol. The Morgan fingerprint density at radius 3 is 2.86 bits per heavy atom. The first kappa shape index (κ1) is 12.5. The Labute approximate surface area is 123 Å². The predicted molar refractivity (Wildman–Crippen MR) is 83.7 cm³/mol. The molecule has 0 unspecified atom stereocenters. The van der Waals surface area contributed by atoms with Crippen molar-refractivity contribution in [2.75, 3.05) is 13.1 Å². The molecule has 4 heteroatoms. The number of para-hydroxylation sites is 1. The molecule has 2 aromatic heterocycles. The van der Waals surface area contributed by atoms with Crippen molar-refractivity contribution in [1.82, 2.24) is 19.9 Å². The zero-order valence-corrected chi connectivity index (χ0v) is 11.9. The highest BCUT2D eigenvalue weighted by Gasteiger charge is 2.19. The van der Waals surface area contributed by atoms with Gasteiger partial charge in [-0.15, -0.1) is 0 Å². The number of aromatic nitrogens is 3. The number of rotatable bonds is 2. The minimum atomic E-state index is 0.584. The summed E-state index contributed by atoms with van der Waals surface area (Å²) >= 11 is 0. The molecule has 1 fully saturated rings. The van der Waals surface area contributed by atoms with Gasteiger partial charge in [-0.3, -0.25) is 4.98 Å². The van der Waals surface area contributed by atoms with Gasteiger partial charge in [0.15, 0.2) is 0 Å². The number of fused-ring (bicyclic) bond motifs is 1. The van der Waals surface area contributed by atoms with E-state index in [4.69, 9.17) is 0 Å². The molecule has 1 aliphatic heterocycles. The number of hydrogen-bond donors (Lipinski definition) is 1. The van der Waals surface area contributed by atoms with Crippen LogP contribution in [0.3, 0.4) is 0 Å². The van der Waals surface area contributed by atoms with E-state index in [0.29, 0.717) is 5.92 Å². The fourth-order valence-corrected chi connectivity index (χ4v) is 3.13. The Kier molecular flexibility index (Phi) is 3.16. The molecule has 4 nitrogen and oxygen atoms in total. The number of hydrogen-bond acceptors (Lipinski definition) is 3. The van der Waals surface area contributed by atoms with Crippen molar-refractivity contribution in [2.24, 2.45) is 0 Å². The van der Waals surface area contributed by atoms with Crippen LogP contribution in [0.15, 0.2) is 49.1 Å². The molecule has 3 aromatic rings. The maximum absolute atomic E-state index is 4.56. The molecular formula is C17H18N4. The molecule has 0 aliphatic carbocycles. The first-order valence-corrected chi connectivity index (χ1v) is 7.50. The van der Waals surface area contributed by atoms with Crippen LogP contribution in [-0.4, -0.2) is 27.6 Å². The second-order valence-corrected chi connectivity index (χ2v) is 5.60. The summed E-state index contributed by atoms with van der Waals surface area (Å²) in [6.07, 6.45) is 8.20. The van der Waals surface area contributed by atoms with E-state index in [-0.39, 0.29) is 0 Å². The van der Waals surface area contributed by atoms with Gasteiger partial charge in [0, 0.05) is 23.2 Å². The van der Waals surface area contributed by atoms with E-state index in [2.05, 4.69) is 38.1 Å². The highest BCUT2D eigenvalue weighted by atomic mass is 15.1. The lowest BCUT2D eigenvalue weighted by Gasteiger charge is -2.23. The third-order valence-electron chi connectivity index (χ3n) is 4.28. The van der Waals surface area contributed by atoms with Crippen LogP contribution >= 0.6 is 0 Å². The SMILES string of the molecule is c1ccc2ncc(-n3cncc3C3CCNCC3)cc2c1. The maximum Gasteiger partial charge on any atom is 0.0994 e. The van der Waals surface area contributed by atoms with Gasteiger partial charge in [0.05, 0.1) is 23.7 Å². The van der Waals surface area contributed by atoms with E-state index < -0.39 is 0 Å². The number of imidazole rings is 1. The van der Waals surface area contributed by atoms with E-state index in [9.17, 15) is 0 Å². The van der Waals surface area contributed by atoms with E-state index in [1.54, 1.807) is 0 Å². The van der Waals surface area contributed by atoms with Crippen molar-refractivity contribution in [1.29, 1.82) is 0 Å². The lowest BCUT2D eigenvalue weighted by molar-refractivity contribution is 0.449. The number of nitrogens with zero attached hydrogens (tertiary/aromatic N) is 3. The fourth-order valence-electron chi connectivity index (χ4n) is 3.13. The summed E-state index contributed by atoms with van der Waals surface area (Å²) in [4.78, 5) is 8.93. The number of piperidine rings is 1. The molecule has 0 spiro atoms. The molecule has 0 bridgehead atoms. The van der Waals surface area contributed by atoms with Gasteiger partial charge in [-0.1, -0.05) is 18.2 Å². The average Bonchev–Trinajstić information content (AvgIpc) is 3.05. The van der Waals surface area contributed by atoms with Gasteiger partial charge < -0.3 is 9.88 Å². The van der Waals surface area contributed by atoms with Crippen LogP contribution < -0.4 is 5.32 Å². The van der Waals surface area contributed by atoms with Gasteiger partial charge in [0.1, 0.15) is 0 Å². The minimum Gasteiger partial charge on any atom is -0.317 e. The summed E-state index contributed by atoms with van der Waals surface area (Å²) in [5.74, 6) is 0.584.